The van der Waals surface area contributed by atoms with Gasteiger partial charge in [-0.05, 0) is 18.6 Å². The molecule has 3 aromatic rings. The van der Waals surface area contributed by atoms with Crippen LogP contribution >= 0.6 is 0 Å². The van der Waals surface area contributed by atoms with Crippen molar-refractivity contribution in [1.82, 2.24) is 9.55 Å². The number of benzene rings is 1. The summed E-state index contributed by atoms with van der Waals surface area (Å²) in [5.41, 5.74) is 2.67. The van der Waals surface area contributed by atoms with E-state index >= 15 is 0 Å². The molecule has 0 aliphatic carbocycles. The standard InChI is InChI=1S/C19H20N2O3S/c1-2-16-8-9-17(24-16)19-18(14-6-4-3-5-7-14)20-13-21(19)15-10-11-25(22,23)12-15/h3-9,13,15H,2,10-12H2,1H3/t15-/m1/s1. The summed E-state index contributed by atoms with van der Waals surface area (Å²) in [4.78, 5) is 4.60. The van der Waals surface area contributed by atoms with Gasteiger partial charge in [-0.2, -0.15) is 0 Å². The molecule has 0 saturated carbocycles. The molecule has 5 nitrogen and oxygen atoms in total. The molecule has 0 unspecified atom stereocenters. The summed E-state index contributed by atoms with van der Waals surface area (Å²) in [6.07, 6.45) is 3.17. The maximum Gasteiger partial charge on any atom is 0.152 e. The number of sulfone groups is 1. The molecule has 1 atom stereocenters. The highest BCUT2D eigenvalue weighted by molar-refractivity contribution is 7.91. The molecule has 0 amide bonds. The molecule has 25 heavy (non-hydrogen) atoms. The van der Waals surface area contributed by atoms with Gasteiger partial charge in [0.25, 0.3) is 0 Å². The molecule has 0 radical (unpaired) electrons. The molecular weight excluding hydrogens is 336 g/mol. The Bertz CT molecular complexity index is 987. The fraction of sp³-hybridized carbons (Fsp3) is 0.316. The van der Waals surface area contributed by atoms with E-state index in [0.29, 0.717) is 6.42 Å². The SMILES string of the molecule is CCc1ccc(-c2c(-c3ccccc3)ncn2[C@@H]2CCS(=O)(=O)C2)o1. The second kappa shape index (κ2) is 6.19. The minimum atomic E-state index is -2.98. The molecule has 6 heteroatoms. The largest absolute Gasteiger partial charge is 0.459 e. The Labute approximate surface area is 147 Å². The Morgan fingerprint density at radius 3 is 2.64 bits per heavy atom. The molecular formula is C19H20N2O3S. The van der Waals surface area contributed by atoms with Crippen LogP contribution in [0, 0.1) is 0 Å². The van der Waals surface area contributed by atoms with Crippen LogP contribution in [-0.4, -0.2) is 29.5 Å². The van der Waals surface area contributed by atoms with E-state index in [4.69, 9.17) is 4.42 Å². The first kappa shape index (κ1) is 16.1. The van der Waals surface area contributed by atoms with Crippen LogP contribution in [-0.2, 0) is 16.3 Å². The lowest BCUT2D eigenvalue weighted by atomic mass is 10.1. The molecule has 4 rings (SSSR count). The van der Waals surface area contributed by atoms with Crippen molar-refractivity contribution >= 4 is 9.84 Å². The van der Waals surface area contributed by atoms with E-state index in [0.717, 1.165) is 34.9 Å². The topological polar surface area (TPSA) is 65.1 Å². The van der Waals surface area contributed by atoms with Gasteiger partial charge in [-0.3, -0.25) is 0 Å². The van der Waals surface area contributed by atoms with Gasteiger partial charge in [-0.15, -0.1) is 0 Å². The first-order chi connectivity index (χ1) is 12.1. The number of rotatable bonds is 4. The van der Waals surface area contributed by atoms with Crippen LogP contribution in [0.25, 0.3) is 22.7 Å². The van der Waals surface area contributed by atoms with E-state index in [1.165, 1.54) is 0 Å². The van der Waals surface area contributed by atoms with Crippen LogP contribution in [0.5, 0.6) is 0 Å². The van der Waals surface area contributed by atoms with Gasteiger partial charge in [0.1, 0.15) is 11.5 Å². The van der Waals surface area contributed by atoms with Crippen LogP contribution in [0.2, 0.25) is 0 Å². The Hall–Kier alpha value is -2.34. The number of furan rings is 1. The Morgan fingerprint density at radius 1 is 1.20 bits per heavy atom. The lowest BCUT2D eigenvalue weighted by molar-refractivity contribution is 0.510. The van der Waals surface area contributed by atoms with Crippen molar-refractivity contribution in [1.29, 1.82) is 0 Å². The second-order valence-corrected chi connectivity index (χ2v) is 8.62. The van der Waals surface area contributed by atoms with Gasteiger partial charge in [0.15, 0.2) is 15.6 Å². The molecule has 1 fully saturated rings. The summed E-state index contributed by atoms with van der Waals surface area (Å²) in [6, 6.07) is 13.7. The number of aromatic nitrogens is 2. The van der Waals surface area contributed by atoms with Crippen LogP contribution < -0.4 is 0 Å². The highest BCUT2D eigenvalue weighted by Gasteiger charge is 2.32. The number of hydrogen-bond donors (Lipinski definition) is 0. The van der Waals surface area contributed by atoms with Crippen molar-refractivity contribution in [3.63, 3.8) is 0 Å². The Morgan fingerprint density at radius 2 is 2.00 bits per heavy atom. The third-order valence-electron chi connectivity index (χ3n) is 4.69. The van der Waals surface area contributed by atoms with Gasteiger partial charge in [0.2, 0.25) is 0 Å². The minimum absolute atomic E-state index is 0.0971. The van der Waals surface area contributed by atoms with Gasteiger partial charge >= 0.3 is 0 Å². The van der Waals surface area contributed by atoms with Gasteiger partial charge < -0.3 is 8.98 Å². The van der Waals surface area contributed by atoms with Crippen LogP contribution in [0.4, 0.5) is 0 Å². The number of aryl methyl sites for hydroxylation is 1. The second-order valence-electron chi connectivity index (χ2n) is 6.39. The van der Waals surface area contributed by atoms with E-state index in [-0.39, 0.29) is 17.5 Å². The third-order valence-corrected chi connectivity index (χ3v) is 6.44. The summed E-state index contributed by atoms with van der Waals surface area (Å²) >= 11 is 0. The highest BCUT2D eigenvalue weighted by Crippen LogP contribution is 2.36. The molecule has 0 spiro atoms. The zero-order chi connectivity index (χ0) is 17.4. The van der Waals surface area contributed by atoms with Gasteiger partial charge in [0, 0.05) is 12.0 Å². The van der Waals surface area contributed by atoms with Crippen molar-refractivity contribution in [3.8, 4) is 22.7 Å². The molecule has 3 heterocycles. The maximum absolute atomic E-state index is 11.9. The summed E-state index contributed by atoms with van der Waals surface area (Å²) in [7, 11) is -2.98. The summed E-state index contributed by atoms with van der Waals surface area (Å²) in [5.74, 6) is 2.03. The molecule has 0 N–H and O–H groups in total. The normalized spacial score (nSPS) is 19.3. The number of hydrogen-bond acceptors (Lipinski definition) is 4. The van der Waals surface area contributed by atoms with E-state index in [1.54, 1.807) is 6.33 Å². The lowest BCUT2D eigenvalue weighted by Gasteiger charge is -2.14. The van der Waals surface area contributed by atoms with Gasteiger partial charge in [0.05, 0.1) is 29.6 Å². The van der Waals surface area contributed by atoms with Gasteiger partial charge in [-0.25, -0.2) is 13.4 Å². The molecule has 1 aliphatic rings. The van der Waals surface area contributed by atoms with E-state index in [1.807, 2.05) is 54.0 Å². The highest BCUT2D eigenvalue weighted by atomic mass is 32.2. The number of nitrogens with zero attached hydrogens (tertiary/aromatic N) is 2. The van der Waals surface area contributed by atoms with E-state index < -0.39 is 9.84 Å². The van der Waals surface area contributed by atoms with Crippen LogP contribution in [0.1, 0.15) is 25.1 Å². The van der Waals surface area contributed by atoms with Gasteiger partial charge in [-0.1, -0.05) is 37.3 Å². The first-order valence-electron chi connectivity index (χ1n) is 8.49. The molecule has 1 aliphatic heterocycles. The summed E-state index contributed by atoms with van der Waals surface area (Å²) in [5, 5.41) is 0. The monoisotopic (exact) mass is 356 g/mol. The Balaban J connectivity index is 1.86. The van der Waals surface area contributed by atoms with Crippen molar-refractivity contribution in [2.45, 2.75) is 25.8 Å². The third kappa shape index (κ3) is 3.02. The summed E-state index contributed by atoms with van der Waals surface area (Å²) in [6.45, 7) is 2.04. The summed E-state index contributed by atoms with van der Waals surface area (Å²) < 4.78 is 31.8. The van der Waals surface area contributed by atoms with Crippen molar-refractivity contribution < 1.29 is 12.8 Å². The van der Waals surface area contributed by atoms with Crippen molar-refractivity contribution in [2.24, 2.45) is 0 Å². The predicted molar refractivity (Wildman–Crippen MR) is 97.1 cm³/mol. The molecule has 0 bridgehead atoms. The maximum atomic E-state index is 11.9. The van der Waals surface area contributed by atoms with E-state index in [2.05, 4.69) is 4.98 Å². The Kier molecular flexibility index (Phi) is 4.00. The van der Waals surface area contributed by atoms with Crippen LogP contribution in [0.15, 0.2) is 53.2 Å². The molecule has 1 saturated heterocycles. The predicted octanol–water partition coefficient (Wildman–Crippen LogP) is 3.73. The fourth-order valence-electron chi connectivity index (χ4n) is 3.38. The van der Waals surface area contributed by atoms with Crippen molar-refractivity contribution in [2.75, 3.05) is 11.5 Å². The average molecular weight is 356 g/mol. The number of imidazole rings is 1. The van der Waals surface area contributed by atoms with Crippen molar-refractivity contribution in [3.05, 3.63) is 54.6 Å². The van der Waals surface area contributed by atoms with Crippen LogP contribution in [0.3, 0.4) is 0 Å². The quantitative estimate of drug-likeness (QED) is 0.714. The fourth-order valence-corrected chi connectivity index (χ4v) is 5.09. The molecule has 2 aromatic heterocycles. The smallest absolute Gasteiger partial charge is 0.152 e. The zero-order valence-corrected chi connectivity index (χ0v) is 14.9. The van der Waals surface area contributed by atoms with E-state index in [9.17, 15) is 8.42 Å². The average Bonchev–Trinajstić information content (AvgIpc) is 3.32. The molecule has 130 valence electrons. The zero-order valence-electron chi connectivity index (χ0n) is 14.1. The molecule has 1 aromatic carbocycles. The lowest BCUT2D eigenvalue weighted by Crippen LogP contribution is -2.11. The first-order valence-corrected chi connectivity index (χ1v) is 10.3. The minimum Gasteiger partial charge on any atom is -0.459 e.